The van der Waals surface area contributed by atoms with E-state index in [1.54, 1.807) is 11.9 Å². The van der Waals surface area contributed by atoms with Gasteiger partial charge in [0, 0.05) is 19.1 Å². The molecule has 0 saturated carbocycles. The van der Waals surface area contributed by atoms with Gasteiger partial charge in [-0.15, -0.1) is 0 Å². The van der Waals surface area contributed by atoms with Crippen molar-refractivity contribution in [3.05, 3.63) is 0 Å². The monoisotopic (exact) mass is 282 g/mol. The Morgan fingerprint density at radius 2 is 2.21 bits per heavy atom. The fourth-order valence-corrected chi connectivity index (χ4v) is 2.39. The number of halogens is 3. The molecule has 1 heterocycles. The van der Waals surface area contributed by atoms with Crippen LogP contribution < -0.4 is 5.73 Å². The summed E-state index contributed by atoms with van der Waals surface area (Å²) in [6.45, 7) is 1.22. The van der Waals surface area contributed by atoms with Crippen molar-refractivity contribution in [3.63, 3.8) is 0 Å². The highest BCUT2D eigenvalue weighted by molar-refractivity contribution is 5.83. The van der Waals surface area contributed by atoms with Crippen LogP contribution in [0.4, 0.5) is 13.2 Å². The summed E-state index contributed by atoms with van der Waals surface area (Å²) in [5, 5.41) is 10.9. The lowest BCUT2D eigenvalue weighted by Crippen LogP contribution is -2.46. The van der Waals surface area contributed by atoms with Gasteiger partial charge in [0.25, 0.3) is 0 Å². The number of alkyl halides is 3. The fourth-order valence-electron chi connectivity index (χ4n) is 2.39. The first-order valence-electron chi connectivity index (χ1n) is 6.18. The number of nitrogens with zero attached hydrogens (tertiary/aromatic N) is 3. The van der Waals surface area contributed by atoms with Crippen molar-refractivity contribution < 1.29 is 18.4 Å². The number of hydrogen-bond donors (Lipinski definition) is 2. The summed E-state index contributed by atoms with van der Waals surface area (Å²) in [6, 6.07) is 0.270. The highest BCUT2D eigenvalue weighted by Gasteiger charge is 2.43. The van der Waals surface area contributed by atoms with Crippen LogP contribution >= 0.6 is 0 Å². The minimum atomic E-state index is -4.51. The lowest BCUT2D eigenvalue weighted by Gasteiger charge is -2.29. The van der Waals surface area contributed by atoms with E-state index in [2.05, 4.69) is 10.1 Å². The van der Waals surface area contributed by atoms with Crippen LogP contribution in [0, 0.1) is 5.92 Å². The minimum Gasteiger partial charge on any atom is -0.409 e. The Morgan fingerprint density at radius 3 is 2.63 bits per heavy atom. The van der Waals surface area contributed by atoms with Crippen molar-refractivity contribution >= 4 is 5.84 Å². The molecule has 0 aromatic carbocycles. The van der Waals surface area contributed by atoms with Crippen LogP contribution in [-0.4, -0.2) is 66.8 Å². The summed E-state index contributed by atoms with van der Waals surface area (Å²) >= 11 is 0. The molecule has 0 spiro atoms. The highest BCUT2D eigenvalue weighted by atomic mass is 19.4. The zero-order valence-corrected chi connectivity index (χ0v) is 11.2. The molecule has 3 N–H and O–H groups in total. The summed E-state index contributed by atoms with van der Waals surface area (Å²) in [5.41, 5.74) is 5.13. The van der Waals surface area contributed by atoms with E-state index in [4.69, 9.17) is 10.9 Å². The highest BCUT2D eigenvalue weighted by Crippen LogP contribution is 2.27. The number of rotatable bonds is 5. The lowest BCUT2D eigenvalue weighted by molar-refractivity contribution is -0.159. The first kappa shape index (κ1) is 16.0. The molecule has 1 aliphatic rings. The molecule has 2 unspecified atom stereocenters. The SMILES string of the molecule is CN(CC1CCCN1C)CC(C(N)=NO)C(F)(F)F. The average Bonchev–Trinajstić information content (AvgIpc) is 2.69. The summed E-state index contributed by atoms with van der Waals surface area (Å²) < 4.78 is 38.4. The molecule has 1 fully saturated rings. The normalized spacial score (nSPS) is 24.1. The average molecular weight is 282 g/mol. The standard InChI is InChI=1S/C11H21F3N4O/c1-17(6-8-4-3-5-18(8)2)7-9(10(15)16-19)11(12,13)14/h8-9,19H,3-7H2,1-2H3,(H2,15,16). The van der Waals surface area contributed by atoms with E-state index in [0.29, 0.717) is 6.54 Å². The van der Waals surface area contributed by atoms with E-state index < -0.39 is 17.9 Å². The number of hydrogen-bond acceptors (Lipinski definition) is 4. The summed E-state index contributed by atoms with van der Waals surface area (Å²) in [7, 11) is 3.59. The lowest BCUT2D eigenvalue weighted by atomic mass is 10.1. The van der Waals surface area contributed by atoms with Gasteiger partial charge in [0.05, 0.1) is 0 Å². The number of oxime groups is 1. The topological polar surface area (TPSA) is 65.1 Å². The summed E-state index contributed by atoms with van der Waals surface area (Å²) in [6.07, 6.45) is -2.45. The first-order valence-corrected chi connectivity index (χ1v) is 6.18. The van der Waals surface area contributed by atoms with E-state index in [1.165, 1.54) is 0 Å². The van der Waals surface area contributed by atoms with Crippen molar-refractivity contribution in [3.8, 4) is 0 Å². The molecule has 112 valence electrons. The smallest absolute Gasteiger partial charge is 0.400 e. The molecule has 2 atom stereocenters. The maximum atomic E-state index is 12.8. The predicted molar refractivity (Wildman–Crippen MR) is 66.1 cm³/mol. The molecule has 19 heavy (non-hydrogen) atoms. The summed E-state index contributed by atoms with van der Waals surface area (Å²) in [4.78, 5) is 3.73. The van der Waals surface area contributed by atoms with Gasteiger partial charge in [-0.1, -0.05) is 5.16 Å². The predicted octanol–water partition coefficient (Wildman–Crippen LogP) is 0.937. The van der Waals surface area contributed by atoms with Crippen molar-refractivity contribution in [2.75, 3.05) is 33.7 Å². The Balaban J connectivity index is 2.59. The minimum absolute atomic E-state index is 0.270. The Bertz CT molecular complexity index is 322. The third-order valence-electron chi connectivity index (χ3n) is 3.56. The molecule has 0 aliphatic carbocycles. The van der Waals surface area contributed by atoms with E-state index >= 15 is 0 Å². The quantitative estimate of drug-likeness (QED) is 0.341. The van der Waals surface area contributed by atoms with Crippen LogP contribution in [0.25, 0.3) is 0 Å². The second-order valence-electron chi connectivity index (χ2n) is 5.12. The van der Waals surface area contributed by atoms with Crippen LogP contribution in [0.3, 0.4) is 0 Å². The molecule has 1 aliphatic heterocycles. The Hall–Kier alpha value is -1.02. The second kappa shape index (κ2) is 6.42. The van der Waals surface area contributed by atoms with Gasteiger partial charge in [0.2, 0.25) is 0 Å². The maximum Gasteiger partial charge on any atom is 0.400 e. The zero-order valence-electron chi connectivity index (χ0n) is 11.2. The Morgan fingerprint density at radius 1 is 1.58 bits per heavy atom. The van der Waals surface area contributed by atoms with Crippen molar-refractivity contribution in [2.45, 2.75) is 25.1 Å². The van der Waals surface area contributed by atoms with E-state index in [0.717, 1.165) is 19.4 Å². The molecule has 5 nitrogen and oxygen atoms in total. The molecular formula is C11H21F3N4O. The Kier molecular flexibility index (Phi) is 5.42. The molecule has 0 radical (unpaired) electrons. The molecule has 0 aromatic heterocycles. The molecule has 0 aromatic rings. The van der Waals surface area contributed by atoms with Crippen molar-refractivity contribution in [1.29, 1.82) is 0 Å². The molecule has 0 amide bonds. The Labute approximate surface area is 110 Å². The van der Waals surface area contributed by atoms with Crippen LogP contribution in [0.2, 0.25) is 0 Å². The maximum absolute atomic E-state index is 12.8. The van der Waals surface area contributed by atoms with Crippen LogP contribution in [0.15, 0.2) is 5.16 Å². The van der Waals surface area contributed by atoms with Gasteiger partial charge in [0.15, 0.2) is 5.84 Å². The van der Waals surface area contributed by atoms with Gasteiger partial charge >= 0.3 is 6.18 Å². The number of likely N-dealkylation sites (N-methyl/N-ethyl adjacent to an activating group) is 2. The summed E-state index contributed by atoms with van der Waals surface area (Å²) in [5.74, 6) is -2.73. The van der Waals surface area contributed by atoms with Gasteiger partial charge in [-0.3, -0.25) is 0 Å². The second-order valence-corrected chi connectivity index (χ2v) is 5.12. The fraction of sp³-hybridized carbons (Fsp3) is 0.909. The van der Waals surface area contributed by atoms with Gasteiger partial charge < -0.3 is 20.7 Å². The third kappa shape index (κ3) is 4.54. The van der Waals surface area contributed by atoms with E-state index in [9.17, 15) is 13.2 Å². The molecular weight excluding hydrogens is 261 g/mol. The van der Waals surface area contributed by atoms with Crippen molar-refractivity contribution in [1.82, 2.24) is 9.80 Å². The molecule has 0 bridgehead atoms. The number of amidine groups is 1. The number of nitrogens with two attached hydrogens (primary N) is 1. The van der Waals surface area contributed by atoms with Gasteiger partial charge in [0.1, 0.15) is 5.92 Å². The van der Waals surface area contributed by atoms with Crippen molar-refractivity contribution in [2.24, 2.45) is 16.8 Å². The largest absolute Gasteiger partial charge is 0.409 e. The first-order chi connectivity index (χ1) is 8.75. The molecule has 8 heteroatoms. The van der Waals surface area contributed by atoms with E-state index in [1.807, 2.05) is 7.05 Å². The zero-order chi connectivity index (χ0) is 14.6. The number of likely N-dealkylation sites (tertiary alicyclic amines) is 1. The third-order valence-corrected chi connectivity index (χ3v) is 3.56. The van der Waals surface area contributed by atoms with Crippen LogP contribution in [0.1, 0.15) is 12.8 Å². The van der Waals surface area contributed by atoms with Crippen LogP contribution in [-0.2, 0) is 0 Å². The van der Waals surface area contributed by atoms with Crippen LogP contribution in [0.5, 0.6) is 0 Å². The molecule has 1 rings (SSSR count). The van der Waals surface area contributed by atoms with Gasteiger partial charge in [-0.05, 0) is 33.5 Å². The van der Waals surface area contributed by atoms with Gasteiger partial charge in [-0.25, -0.2) is 0 Å². The van der Waals surface area contributed by atoms with Gasteiger partial charge in [-0.2, -0.15) is 13.2 Å². The molecule has 1 saturated heterocycles. The van der Waals surface area contributed by atoms with E-state index in [-0.39, 0.29) is 12.6 Å².